The lowest BCUT2D eigenvalue weighted by molar-refractivity contribution is -0.274. The van der Waals surface area contributed by atoms with Crippen LogP contribution in [-0.2, 0) is 6.54 Å². The van der Waals surface area contributed by atoms with E-state index in [2.05, 4.69) is 14.4 Å². The van der Waals surface area contributed by atoms with Crippen LogP contribution in [0, 0.1) is 11.7 Å². The fraction of sp³-hybridized carbons (Fsp3) is 0.480. The number of rotatable bonds is 9. The minimum absolute atomic E-state index is 0.0416. The molecule has 190 valence electrons. The van der Waals surface area contributed by atoms with Gasteiger partial charge in [0, 0.05) is 18.9 Å². The summed E-state index contributed by atoms with van der Waals surface area (Å²) in [4.78, 5) is 14.4. The normalized spacial score (nSPS) is 17.3. The Morgan fingerprint density at radius 2 is 1.80 bits per heavy atom. The Bertz CT molecular complexity index is 1020. The Labute approximate surface area is 206 Å². The molecule has 5 nitrogen and oxygen atoms in total. The number of alkyl halides is 3. The number of amides is 1. The molecular weight excluding hydrogens is 484 g/mol. The van der Waals surface area contributed by atoms with Gasteiger partial charge >= 0.3 is 6.36 Å². The Balaban J connectivity index is 1.28. The molecular formula is C25H28F4N2O3S. The Hall–Kier alpha value is -2.46. The second-order valence-corrected chi connectivity index (χ2v) is 9.61. The molecule has 1 aliphatic carbocycles. The zero-order valence-electron chi connectivity index (χ0n) is 19.4. The largest absolute Gasteiger partial charge is 0.573 e. The van der Waals surface area contributed by atoms with Gasteiger partial charge in [-0.05, 0) is 79.9 Å². The van der Waals surface area contributed by atoms with E-state index in [1.807, 2.05) is 0 Å². The van der Waals surface area contributed by atoms with Gasteiger partial charge in [0.2, 0.25) is 0 Å². The molecule has 0 radical (unpaired) electrons. The van der Waals surface area contributed by atoms with Crippen LogP contribution in [0.25, 0.3) is 0 Å². The van der Waals surface area contributed by atoms with Crippen LogP contribution >= 0.6 is 11.9 Å². The summed E-state index contributed by atoms with van der Waals surface area (Å²) in [6.45, 7) is 2.81. The van der Waals surface area contributed by atoms with Crippen molar-refractivity contribution in [3.63, 3.8) is 0 Å². The van der Waals surface area contributed by atoms with Crippen LogP contribution in [0.3, 0.4) is 0 Å². The second-order valence-electron chi connectivity index (χ2n) is 9.00. The highest BCUT2D eigenvalue weighted by Gasteiger charge is 2.31. The topological polar surface area (TPSA) is 50.8 Å². The SMILES string of the molecule is CSNC(=O)c1cc(C2CC2)c(OCC2CCN(Cc3ccc(OC(F)(F)F)cc3)CC2)cc1F. The lowest BCUT2D eigenvalue weighted by atomic mass is 9.97. The van der Waals surface area contributed by atoms with Crippen molar-refractivity contribution in [3.05, 3.63) is 58.9 Å². The summed E-state index contributed by atoms with van der Waals surface area (Å²) in [6.07, 6.45) is 0.848. The average molecular weight is 513 g/mol. The summed E-state index contributed by atoms with van der Waals surface area (Å²) in [5.41, 5.74) is 1.86. The van der Waals surface area contributed by atoms with Crippen molar-refractivity contribution < 1.29 is 31.8 Å². The minimum Gasteiger partial charge on any atom is -0.493 e. The van der Waals surface area contributed by atoms with Crippen molar-refractivity contribution in [3.8, 4) is 11.5 Å². The lowest BCUT2D eigenvalue weighted by Gasteiger charge is -2.32. The zero-order chi connectivity index (χ0) is 25.0. The van der Waals surface area contributed by atoms with Gasteiger partial charge in [0.25, 0.3) is 5.91 Å². The summed E-state index contributed by atoms with van der Waals surface area (Å²) in [7, 11) is 0. The van der Waals surface area contributed by atoms with Gasteiger partial charge in [-0.15, -0.1) is 13.2 Å². The molecule has 1 aliphatic heterocycles. The van der Waals surface area contributed by atoms with Crippen molar-refractivity contribution in [2.24, 2.45) is 5.92 Å². The molecule has 2 aliphatic rings. The van der Waals surface area contributed by atoms with Gasteiger partial charge in [-0.1, -0.05) is 24.1 Å². The molecule has 0 unspecified atom stereocenters. The van der Waals surface area contributed by atoms with Crippen molar-refractivity contribution in [1.82, 2.24) is 9.62 Å². The number of benzene rings is 2. The first-order valence-corrected chi connectivity index (χ1v) is 12.8. The quantitative estimate of drug-likeness (QED) is 0.335. The molecule has 0 spiro atoms. The molecule has 1 amide bonds. The summed E-state index contributed by atoms with van der Waals surface area (Å²) >= 11 is 1.13. The highest BCUT2D eigenvalue weighted by atomic mass is 32.2. The van der Waals surface area contributed by atoms with Gasteiger partial charge in [-0.25, -0.2) is 4.39 Å². The van der Waals surface area contributed by atoms with Crippen LogP contribution in [0.1, 0.15) is 53.1 Å². The first-order valence-electron chi connectivity index (χ1n) is 11.6. The second kappa shape index (κ2) is 11.1. The predicted molar refractivity (Wildman–Crippen MR) is 126 cm³/mol. The van der Waals surface area contributed by atoms with Crippen LogP contribution in [0.15, 0.2) is 36.4 Å². The van der Waals surface area contributed by atoms with Crippen molar-refractivity contribution in [1.29, 1.82) is 0 Å². The van der Waals surface area contributed by atoms with Gasteiger partial charge in [0.1, 0.15) is 17.3 Å². The molecule has 10 heteroatoms. The Morgan fingerprint density at radius 3 is 2.40 bits per heavy atom. The molecule has 35 heavy (non-hydrogen) atoms. The van der Waals surface area contributed by atoms with Gasteiger partial charge in [0.15, 0.2) is 0 Å². The number of halogens is 4. The van der Waals surface area contributed by atoms with E-state index in [1.54, 1.807) is 24.5 Å². The highest BCUT2D eigenvalue weighted by Crippen LogP contribution is 2.45. The molecule has 1 saturated heterocycles. The number of likely N-dealkylation sites (tertiary alicyclic amines) is 1. The number of nitrogens with one attached hydrogen (secondary N) is 1. The first-order chi connectivity index (χ1) is 16.7. The standard InChI is InChI=1S/C25H28F4N2O3S/c1-35-30-24(32)21-12-20(18-4-5-18)23(13-22(21)26)33-15-17-8-10-31(11-9-17)14-16-2-6-19(7-3-16)34-25(27,28)29/h2-3,6-7,12-13,17-18H,4-5,8-11,14-15H2,1H3,(H,30,32). The fourth-order valence-corrected chi connectivity index (χ4v) is 4.60. The number of carbonyl (C=O) groups is 1. The van der Waals surface area contributed by atoms with E-state index in [0.29, 0.717) is 30.7 Å². The lowest BCUT2D eigenvalue weighted by Crippen LogP contribution is -2.35. The van der Waals surface area contributed by atoms with Crippen LogP contribution in [0.2, 0.25) is 0 Å². The number of carbonyl (C=O) groups excluding carboxylic acids is 1. The molecule has 1 heterocycles. The van der Waals surface area contributed by atoms with Crippen LogP contribution in [0.5, 0.6) is 11.5 Å². The minimum atomic E-state index is -4.69. The van der Waals surface area contributed by atoms with Gasteiger partial charge in [-0.3, -0.25) is 14.4 Å². The van der Waals surface area contributed by atoms with E-state index >= 15 is 0 Å². The molecule has 1 saturated carbocycles. The highest BCUT2D eigenvalue weighted by molar-refractivity contribution is 7.97. The fourth-order valence-electron chi connectivity index (χ4n) is 4.31. The average Bonchev–Trinajstić information content (AvgIpc) is 3.64. The van der Waals surface area contributed by atoms with Crippen molar-refractivity contribution >= 4 is 17.9 Å². The Morgan fingerprint density at radius 1 is 1.11 bits per heavy atom. The third-order valence-electron chi connectivity index (χ3n) is 6.30. The smallest absolute Gasteiger partial charge is 0.493 e. The number of hydrogen-bond acceptors (Lipinski definition) is 5. The van der Waals surface area contributed by atoms with Gasteiger partial charge in [0.05, 0.1) is 12.2 Å². The predicted octanol–water partition coefficient (Wildman–Crippen LogP) is 5.90. The molecule has 2 fully saturated rings. The van der Waals surface area contributed by atoms with Crippen LogP contribution in [-0.4, -0.2) is 43.1 Å². The number of ether oxygens (including phenoxy) is 2. The van der Waals surface area contributed by atoms with E-state index in [0.717, 1.165) is 61.8 Å². The van der Waals surface area contributed by atoms with E-state index in [-0.39, 0.29) is 11.3 Å². The summed E-state index contributed by atoms with van der Waals surface area (Å²) < 4.78 is 64.1. The number of hydrogen-bond donors (Lipinski definition) is 1. The molecule has 1 N–H and O–H groups in total. The Kier molecular flexibility index (Phi) is 8.11. The maximum atomic E-state index is 14.6. The monoisotopic (exact) mass is 512 g/mol. The molecule has 2 aromatic carbocycles. The molecule has 0 aromatic heterocycles. The van der Waals surface area contributed by atoms with Crippen molar-refractivity contribution in [2.45, 2.75) is 44.5 Å². The van der Waals surface area contributed by atoms with Gasteiger partial charge < -0.3 is 9.47 Å². The van der Waals surface area contributed by atoms with E-state index in [4.69, 9.17) is 4.74 Å². The van der Waals surface area contributed by atoms with Crippen LogP contribution < -0.4 is 14.2 Å². The van der Waals surface area contributed by atoms with E-state index in [9.17, 15) is 22.4 Å². The maximum Gasteiger partial charge on any atom is 0.573 e. The maximum absolute atomic E-state index is 14.6. The third-order valence-corrected chi connectivity index (χ3v) is 6.69. The van der Waals surface area contributed by atoms with E-state index < -0.39 is 18.1 Å². The number of nitrogens with zero attached hydrogens (tertiary/aromatic N) is 1. The molecule has 0 atom stereocenters. The summed E-state index contributed by atoms with van der Waals surface area (Å²) in [6, 6.07) is 8.92. The zero-order valence-corrected chi connectivity index (χ0v) is 20.2. The summed E-state index contributed by atoms with van der Waals surface area (Å²) in [5, 5.41) is 0. The summed E-state index contributed by atoms with van der Waals surface area (Å²) in [5.74, 6) is -0.105. The molecule has 4 rings (SSSR count). The first kappa shape index (κ1) is 25.6. The number of piperidine rings is 1. The van der Waals surface area contributed by atoms with E-state index in [1.165, 1.54) is 18.2 Å². The van der Waals surface area contributed by atoms with Crippen molar-refractivity contribution in [2.75, 3.05) is 26.0 Å². The molecule has 2 aromatic rings. The van der Waals surface area contributed by atoms with Gasteiger partial charge in [-0.2, -0.15) is 0 Å². The molecule has 0 bridgehead atoms. The van der Waals surface area contributed by atoms with Crippen LogP contribution in [0.4, 0.5) is 17.6 Å². The third kappa shape index (κ3) is 7.27.